The van der Waals surface area contributed by atoms with Crippen molar-refractivity contribution in [3.8, 4) is 11.8 Å². The molecule has 0 aliphatic heterocycles. The monoisotopic (exact) mass is 387 g/mol. The zero-order valence-corrected chi connectivity index (χ0v) is 13.9. The van der Waals surface area contributed by atoms with E-state index in [0.717, 1.165) is 18.9 Å². The molecule has 0 aliphatic rings. The SMILES string of the molecule is COc1nc(C)c(F)c2nc(SC)nc(OS(=O)(=O)C(F)(F)F)c12. The summed E-state index contributed by atoms with van der Waals surface area (Å²) < 4.78 is 83.3. The second-order valence-electron chi connectivity index (χ2n) is 4.24. The molecule has 2 heterocycles. The van der Waals surface area contributed by atoms with Gasteiger partial charge in [0.25, 0.3) is 5.88 Å². The predicted molar refractivity (Wildman–Crippen MR) is 76.0 cm³/mol. The van der Waals surface area contributed by atoms with Crippen LogP contribution in [-0.2, 0) is 10.1 Å². The lowest BCUT2D eigenvalue weighted by molar-refractivity contribution is -0.0501. The summed E-state index contributed by atoms with van der Waals surface area (Å²) >= 11 is 0.853. The number of halogens is 4. The number of hydrogen-bond donors (Lipinski definition) is 0. The molecule has 0 bridgehead atoms. The predicted octanol–water partition coefficient (Wildman–Crippen LogP) is 2.43. The Balaban J connectivity index is 2.84. The number of alkyl halides is 3. The van der Waals surface area contributed by atoms with Crippen molar-refractivity contribution in [1.29, 1.82) is 0 Å². The molecular formula is C11H9F4N3O4S2. The summed E-state index contributed by atoms with van der Waals surface area (Å²) in [6.45, 7) is 1.28. The number of thioether (sulfide) groups is 1. The first-order valence-electron chi connectivity index (χ1n) is 5.98. The van der Waals surface area contributed by atoms with Gasteiger partial charge < -0.3 is 8.92 Å². The van der Waals surface area contributed by atoms with E-state index in [4.69, 9.17) is 4.74 Å². The van der Waals surface area contributed by atoms with Crippen molar-refractivity contribution in [1.82, 2.24) is 15.0 Å². The Kier molecular flexibility index (Phi) is 4.77. The lowest BCUT2D eigenvalue weighted by Gasteiger charge is -2.13. The zero-order valence-electron chi connectivity index (χ0n) is 12.3. The third kappa shape index (κ3) is 3.17. The van der Waals surface area contributed by atoms with E-state index in [2.05, 4.69) is 19.1 Å². The number of hydrogen-bond acceptors (Lipinski definition) is 8. The fourth-order valence-corrected chi connectivity index (χ4v) is 2.43. The molecule has 0 amide bonds. The molecule has 0 spiro atoms. The Morgan fingerprint density at radius 1 is 1.12 bits per heavy atom. The number of fused-ring (bicyclic) bond motifs is 1. The van der Waals surface area contributed by atoms with Crippen molar-refractivity contribution in [2.24, 2.45) is 0 Å². The van der Waals surface area contributed by atoms with Crippen LogP contribution < -0.4 is 8.92 Å². The van der Waals surface area contributed by atoms with Gasteiger partial charge >= 0.3 is 15.6 Å². The van der Waals surface area contributed by atoms with E-state index in [1.54, 1.807) is 0 Å². The van der Waals surface area contributed by atoms with Crippen molar-refractivity contribution >= 4 is 32.8 Å². The maximum atomic E-state index is 14.2. The minimum Gasteiger partial charge on any atom is -0.480 e. The quantitative estimate of drug-likeness (QED) is 0.260. The second-order valence-corrected chi connectivity index (χ2v) is 6.55. The summed E-state index contributed by atoms with van der Waals surface area (Å²) in [5.74, 6) is -2.35. The Morgan fingerprint density at radius 3 is 2.25 bits per heavy atom. The molecule has 2 aromatic rings. The van der Waals surface area contributed by atoms with Gasteiger partial charge in [-0.25, -0.2) is 14.4 Å². The van der Waals surface area contributed by atoms with Gasteiger partial charge in [0, 0.05) is 0 Å². The highest BCUT2D eigenvalue weighted by atomic mass is 32.2. The van der Waals surface area contributed by atoms with Gasteiger partial charge in [0.15, 0.2) is 11.0 Å². The van der Waals surface area contributed by atoms with E-state index in [1.807, 2.05) is 0 Å². The summed E-state index contributed by atoms with van der Waals surface area (Å²) in [7, 11) is -4.91. The number of rotatable bonds is 4. The van der Waals surface area contributed by atoms with Crippen molar-refractivity contribution in [2.75, 3.05) is 13.4 Å². The maximum absolute atomic E-state index is 14.2. The summed E-state index contributed by atoms with van der Waals surface area (Å²) in [6.07, 6.45) is 1.46. The first-order chi connectivity index (χ1) is 11.0. The van der Waals surface area contributed by atoms with Crippen molar-refractivity contribution < 1.29 is 34.9 Å². The van der Waals surface area contributed by atoms with Crippen LogP contribution in [0.4, 0.5) is 17.6 Å². The number of ether oxygens (including phenoxy) is 1. The molecule has 0 fully saturated rings. The molecule has 0 atom stereocenters. The molecule has 0 unspecified atom stereocenters. The lowest BCUT2D eigenvalue weighted by atomic mass is 10.2. The van der Waals surface area contributed by atoms with Crippen LogP contribution in [-0.4, -0.2) is 42.2 Å². The normalized spacial score (nSPS) is 12.5. The molecule has 0 radical (unpaired) electrons. The van der Waals surface area contributed by atoms with Crippen molar-refractivity contribution in [3.63, 3.8) is 0 Å². The Morgan fingerprint density at radius 2 is 1.75 bits per heavy atom. The molecular weight excluding hydrogens is 378 g/mol. The minimum absolute atomic E-state index is 0.144. The van der Waals surface area contributed by atoms with E-state index in [1.165, 1.54) is 13.2 Å². The lowest BCUT2D eigenvalue weighted by Crippen LogP contribution is -2.28. The maximum Gasteiger partial charge on any atom is 0.534 e. The van der Waals surface area contributed by atoms with Crippen LogP contribution in [0.2, 0.25) is 0 Å². The summed E-state index contributed by atoms with van der Waals surface area (Å²) in [5, 5.41) is -0.715. The number of pyridine rings is 1. The molecule has 132 valence electrons. The molecule has 24 heavy (non-hydrogen) atoms. The molecule has 2 aromatic heterocycles. The van der Waals surface area contributed by atoms with Gasteiger partial charge in [-0.2, -0.15) is 26.6 Å². The second kappa shape index (κ2) is 6.20. The number of nitrogens with zero attached hydrogens (tertiary/aromatic N) is 3. The van der Waals surface area contributed by atoms with Gasteiger partial charge in [-0.05, 0) is 13.2 Å². The highest BCUT2D eigenvalue weighted by Crippen LogP contribution is 2.36. The van der Waals surface area contributed by atoms with Crippen LogP contribution in [0.15, 0.2) is 5.16 Å². The standard InChI is InChI=1S/C11H9F4N3O4S2/c1-4-6(12)7-5(8(16-4)21-2)9(18-10(17-7)23-3)22-24(19,20)11(13,14)15/h1-3H3. The van der Waals surface area contributed by atoms with Crippen molar-refractivity contribution in [2.45, 2.75) is 17.6 Å². The smallest absolute Gasteiger partial charge is 0.480 e. The topological polar surface area (TPSA) is 91.3 Å². The highest BCUT2D eigenvalue weighted by molar-refractivity contribution is 7.98. The van der Waals surface area contributed by atoms with E-state index in [0.29, 0.717) is 0 Å². The Hall–Kier alpha value is -1.89. The molecule has 0 saturated carbocycles. The molecule has 0 saturated heterocycles. The van der Waals surface area contributed by atoms with Gasteiger partial charge in [0.1, 0.15) is 10.9 Å². The third-order valence-corrected chi connectivity index (χ3v) is 4.20. The fourth-order valence-electron chi connectivity index (χ4n) is 1.65. The minimum atomic E-state index is -6.02. The summed E-state index contributed by atoms with van der Waals surface area (Å²) in [4.78, 5) is 11.1. The molecule has 0 N–H and O–H groups in total. The Labute approximate surface area is 137 Å². The van der Waals surface area contributed by atoms with Crippen LogP contribution in [0.25, 0.3) is 10.9 Å². The van der Waals surface area contributed by atoms with Crippen molar-refractivity contribution in [3.05, 3.63) is 11.5 Å². The van der Waals surface area contributed by atoms with Gasteiger partial charge in [0.05, 0.1) is 12.8 Å². The number of aromatic nitrogens is 3. The first-order valence-corrected chi connectivity index (χ1v) is 8.61. The largest absolute Gasteiger partial charge is 0.534 e. The Bertz CT molecular complexity index is 903. The molecule has 0 aromatic carbocycles. The van der Waals surface area contributed by atoms with Gasteiger partial charge in [-0.15, -0.1) is 0 Å². The number of aryl methyl sites for hydroxylation is 1. The molecule has 0 aliphatic carbocycles. The average molecular weight is 387 g/mol. The average Bonchev–Trinajstić information content (AvgIpc) is 2.49. The van der Waals surface area contributed by atoms with E-state index < -0.39 is 38.2 Å². The summed E-state index contributed by atoms with van der Waals surface area (Å²) in [6, 6.07) is 0. The third-order valence-electron chi connectivity index (χ3n) is 2.71. The van der Waals surface area contributed by atoms with Crippen LogP contribution in [0.1, 0.15) is 5.69 Å². The van der Waals surface area contributed by atoms with Crippen LogP contribution in [0.5, 0.6) is 11.8 Å². The van der Waals surface area contributed by atoms with Gasteiger partial charge in [-0.3, -0.25) is 0 Å². The molecule has 2 rings (SSSR count). The van der Waals surface area contributed by atoms with E-state index in [9.17, 15) is 26.0 Å². The zero-order chi connectivity index (χ0) is 18.3. The van der Waals surface area contributed by atoms with Crippen LogP contribution in [0, 0.1) is 12.7 Å². The highest BCUT2D eigenvalue weighted by Gasteiger charge is 2.49. The van der Waals surface area contributed by atoms with Crippen LogP contribution >= 0.6 is 11.8 Å². The summed E-state index contributed by atoms with van der Waals surface area (Å²) in [5.41, 5.74) is -6.30. The fraction of sp³-hybridized carbons (Fsp3) is 0.364. The van der Waals surface area contributed by atoms with Gasteiger partial charge in [0.2, 0.25) is 5.88 Å². The van der Waals surface area contributed by atoms with Gasteiger partial charge in [-0.1, -0.05) is 11.8 Å². The van der Waals surface area contributed by atoms with E-state index >= 15 is 0 Å². The first kappa shape index (κ1) is 18.4. The molecule has 7 nitrogen and oxygen atoms in total. The van der Waals surface area contributed by atoms with Crippen LogP contribution in [0.3, 0.4) is 0 Å². The molecule has 13 heteroatoms. The van der Waals surface area contributed by atoms with E-state index in [-0.39, 0.29) is 16.7 Å². The number of methoxy groups -OCH3 is 1.